The van der Waals surface area contributed by atoms with Gasteiger partial charge in [0.2, 0.25) is 5.91 Å². The van der Waals surface area contributed by atoms with E-state index in [1.807, 2.05) is 0 Å². The number of nitrogens with one attached hydrogen (secondary N) is 1. The standard InChI is InChI=1S/C19H24N2O5/c22-17(15-3-1-2-4-16(15)19(24)25)20-14-7-5-13(6-8-14)18(23)21-9-11-26-12-10-21/h5-8,15-16H,1-4,9-12H2,(H,20,22)(H,24,25)/p-1/t15-,16+/m0/s1. The molecule has 2 atom stereocenters. The van der Waals surface area contributed by atoms with Crippen LogP contribution in [0.5, 0.6) is 0 Å². The lowest BCUT2D eigenvalue weighted by atomic mass is 9.78. The number of amides is 2. The van der Waals surface area contributed by atoms with Gasteiger partial charge in [0, 0.05) is 42.1 Å². The minimum Gasteiger partial charge on any atom is -0.550 e. The second kappa shape index (κ2) is 8.31. The first-order valence-electron chi connectivity index (χ1n) is 9.05. The molecule has 0 spiro atoms. The molecule has 2 fully saturated rings. The van der Waals surface area contributed by atoms with Gasteiger partial charge in [-0.25, -0.2) is 0 Å². The van der Waals surface area contributed by atoms with Gasteiger partial charge in [-0.2, -0.15) is 0 Å². The Balaban J connectivity index is 1.62. The molecule has 1 saturated carbocycles. The summed E-state index contributed by atoms with van der Waals surface area (Å²) in [6.07, 6.45) is 2.68. The van der Waals surface area contributed by atoms with Crippen molar-refractivity contribution in [3.8, 4) is 0 Å². The second-order valence-electron chi connectivity index (χ2n) is 6.79. The van der Waals surface area contributed by atoms with Crippen LogP contribution in [-0.4, -0.2) is 49.0 Å². The average Bonchev–Trinajstić information content (AvgIpc) is 2.68. The molecule has 0 radical (unpaired) electrons. The number of hydrogen-bond acceptors (Lipinski definition) is 5. The Kier molecular flexibility index (Phi) is 5.88. The molecule has 2 amide bonds. The quantitative estimate of drug-likeness (QED) is 0.851. The fourth-order valence-electron chi connectivity index (χ4n) is 3.61. The number of carboxylic acids is 1. The smallest absolute Gasteiger partial charge is 0.254 e. The van der Waals surface area contributed by atoms with E-state index in [1.54, 1.807) is 29.2 Å². The van der Waals surface area contributed by atoms with Crippen LogP contribution in [0.25, 0.3) is 0 Å². The molecule has 1 heterocycles. The molecule has 0 bridgehead atoms. The normalized spacial score (nSPS) is 23.3. The van der Waals surface area contributed by atoms with E-state index in [0.29, 0.717) is 50.4 Å². The van der Waals surface area contributed by atoms with Crippen molar-refractivity contribution in [3.05, 3.63) is 29.8 Å². The largest absolute Gasteiger partial charge is 0.550 e. The number of ether oxygens (including phenoxy) is 1. The van der Waals surface area contributed by atoms with E-state index in [1.165, 1.54) is 0 Å². The maximum absolute atomic E-state index is 12.5. The zero-order valence-corrected chi connectivity index (χ0v) is 14.6. The molecule has 7 heteroatoms. The summed E-state index contributed by atoms with van der Waals surface area (Å²) in [5.41, 5.74) is 1.10. The van der Waals surface area contributed by atoms with Gasteiger partial charge in [-0.3, -0.25) is 9.59 Å². The van der Waals surface area contributed by atoms with Gasteiger partial charge < -0.3 is 24.9 Å². The zero-order valence-electron chi connectivity index (χ0n) is 14.6. The Bertz CT molecular complexity index is 667. The van der Waals surface area contributed by atoms with Crippen LogP contribution < -0.4 is 10.4 Å². The molecule has 140 valence electrons. The van der Waals surface area contributed by atoms with Gasteiger partial charge in [-0.1, -0.05) is 12.8 Å². The molecule has 1 aliphatic heterocycles. The molecule has 1 aliphatic carbocycles. The number of aliphatic carboxylic acids is 1. The summed E-state index contributed by atoms with van der Waals surface area (Å²) in [5, 5.41) is 14.0. The van der Waals surface area contributed by atoms with Crippen LogP contribution in [0.2, 0.25) is 0 Å². The maximum Gasteiger partial charge on any atom is 0.254 e. The molecule has 26 heavy (non-hydrogen) atoms. The topological polar surface area (TPSA) is 98.8 Å². The highest BCUT2D eigenvalue weighted by Crippen LogP contribution is 2.30. The Morgan fingerprint density at radius 2 is 1.62 bits per heavy atom. The van der Waals surface area contributed by atoms with Crippen molar-refractivity contribution in [3.63, 3.8) is 0 Å². The summed E-state index contributed by atoms with van der Waals surface area (Å²) >= 11 is 0. The van der Waals surface area contributed by atoms with E-state index in [4.69, 9.17) is 4.74 Å². The Morgan fingerprint density at radius 3 is 2.23 bits per heavy atom. The van der Waals surface area contributed by atoms with Gasteiger partial charge in [-0.15, -0.1) is 0 Å². The fraction of sp³-hybridized carbons (Fsp3) is 0.526. The van der Waals surface area contributed by atoms with Crippen molar-refractivity contribution in [2.24, 2.45) is 11.8 Å². The SMILES string of the molecule is O=C(Nc1ccc(C(=O)N2CCOCC2)cc1)[C@H]1CCCC[C@H]1C(=O)[O-]. The van der Waals surface area contributed by atoms with Crippen LogP contribution in [0.3, 0.4) is 0 Å². The summed E-state index contributed by atoms with van der Waals surface area (Å²) in [5.74, 6) is -2.81. The fourth-order valence-corrected chi connectivity index (χ4v) is 3.61. The third-order valence-electron chi connectivity index (χ3n) is 5.10. The van der Waals surface area contributed by atoms with Gasteiger partial charge in [-0.05, 0) is 37.1 Å². The van der Waals surface area contributed by atoms with Crippen LogP contribution in [0.15, 0.2) is 24.3 Å². The minimum atomic E-state index is -1.16. The van der Waals surface area contributed by atoms with Crippen LogP contribution in [0, 0.1) is 11.8 Å². The molecular formula is C19H23N2O5-. The first kappa shape index (κ1) is 18.4. The molecule has 0 aromatic heterocycles. The van der Waals surface area contributed by atoms with Crippen LogP contribution >= 0.6 is 0 Å². The van der Waals surface area contributed by atoms with Gasteiger partial charge in [0.1, 0.15) is 0 Å². The number of rotatable bonds is 4. The van der Waals surface area contributed by atoms with Crippen molar-refractivity contribution in [1.29, 1.82) is 0 Å². The van der Waals surface area contributed by atoms with E-state index < -0.39 is 17.8 Å². The number of morpholine rings is 1. The van der Waals surface area contributed by atoms with Crippen LogP contribution in [0.4, 0.5) is 5.69 Å². The Morgan fingerprint density at radius 1 is 1.00 bits per heavy atom. The second-order valence-corrected chi connectivity index (χ2v) is 6.79. The predicted octanol–water partition coefficient (Wildman–Crippen LogP) is 0.654. The molecule has 2 aliphatic rings. The monoisotopic (exact) mass is 359 g/mol. The molecule has 7 nitrogen and oxygen atoms in total. The first-order chi connectivity index (χ1) is 12.6. The van der Waals surface area contributed by atoms with Crippen molar-refractivity contribution >= 4 is 23.5 Å². The molecule has 1 aromatic carbocycles. The number of carboxylic acid groups (broad SMARTS) is 1. The number of benzene rings is 1. The minimum absolute atomic E-state index is 0.0597. The van der Waals surface area contributed by atoms with E-state index >= 15 is 0 Å². The maximum atomic E-state index is 12.5. The summed E-state index contributed by atoms with van der Waals surface area (Å²) in [4.78, 5) is 37.9. The van der Waals surface area contributed by atoms with Gasteiger partial charge in [0.05, 0.1) is 13.2 Å². The molecule has 0 unspecified atom stereocenters. The zero-order chi connectivity index (χ0) is 18.5. The molecule has 1 aromatic rings. The van der Waals surface area contributed by atoms with E-state index in [0.717, 1.165) is 12.8 Å². The summed E-state index contributed by atoms with van der Waals surface area (Å²) in [6, 6.07) is 6.68. The lowest BCUT2D eigenvalue weighted by Gasteiger charge is -2.31. The van der Waals surface area contributed by atoms with Gasteiger partial charge >= 0.3 is 0 Å². The average molecular weight is 359 g/mol. The highest BCUT2D eigenvalue weighted by Gasteiger charge is 2.31. The summed E-state index contributed by atoms with van der Waals surface area (Å²) in [6.45, 7) is 2.23. The van der Waals surface area contributed by atoms with Crippen molar-refractivity contribution in [2.45, 2.75) is 25.7 Å². The van der Waals surface area contributed by atoms with Crippen LogP contribution in [-0.2, 0) is 14.3 Å². The molecular weight excluding hydrogens is 336 g/mol. The molecule has 1 saturated heterocycles. The van der Waals surface area contributed by atoms with Crippen LogP contribution in [0.1, 0.15) is 36.0 Å². The van der Waals surface area contributed by atoms with E-state index in [9.17, 15) is 19.5 Å². The predicted molar refractivity (Wildman–Crippen MR) is 92.2 cm³/mol. The Labute approximate surface area is 152 Å². The van der Waals surface area contributed by atoms with Crippen molar-refractivity contribution in [2.75, 3.05) is 31.6 Å². The van der Waals surface area contributed by atoms with Gasteiger partial charge in [0.15, 0.2) is 0 Å². The van der Waals surface area contributed by atoms with Gasteiger partial charge in [0.25, 0.3) is 5.91 Å². The van der Waals surface area contributed by atoms with E-state index in [2.05, 4.69) is 5.32 Å². The molecule has 3 rings (SSSR count). The number of nitrogens with zero attached hydrogens (tertiary/aromatic N) is 1. The highest BCUT2D eigenvalue weighted by molar-refractivity contribution is 5.97. The van der Waals surface area contributed by atoms with Crippen molar-refractivity contribution < 1.29 is 24.2 Å². The van der Waals surface area contributed by atoms with E-state index in [-0.39, 0.29) is 11.8 Å². The number of hydrogen-bond donors (Lipinski definition) is 1. The number of carbonyl (C=O) groups is 3. The third kappa shape index (κ3) is 4.22. The summed E-state index contributed by atoms with van der Waals surface area (Å²) in [7, 11) is 0. The number of carbonyl (C=O) groups excluding carboxylic acids is 3. The molecule has 1 N–H and O–H groups in total. The first-order valence-corrected chi connectivity index (χ1v) is 9.05. The Hall–Kier alpha value is -2.41. The lowest BCUT2D eigenvalue weighted by Crippen LogP contribution is -2.42. The highest BCUT2D eigenvalue weighted by atomic mass is 16.5. The third-order valence-corrected chi connectivity index (χ3v) is 5.10. The number of anilines is 1. The lowest BCUT2D eigenvalue weighted by molar-refractivity contribution is -0.313. The summed E-state index contributed by atoms with van der Waals surface area (Å²) < 4.78 is 5.24. The van der Waals surface area contributed by atoms with Crippen molar-refractivity contribution in [1.82, 2.24) is 4.90 Å².